The number of nitrogens with zero attached hydrogens (tertiary/aromatic N) is 2. The predicted octanol–water partition coefficient (Wildman–Crippen LogP) is 4.07. The molecule has 1 atom stereocenters. The molecule has 0 N–H and O–H groups in total. The number of hydrogen-bond acceptors (Lipinski definition) is 4. The number of fused-ring (bicyclic) bond motifs is 5. The van der Waals surface area contributed by atoms with Crippen molar-refractivity contribution in [3.63, 3.8) is 0 Å². The van der Waals surface area contributed by atoms with Gasteiger partial charge in [0.15, 0.2) is 0 Å². The Labute approximate surface area is 165 Å². The molecule has 0 radical (unpaired) electrons. The molecule has 2 aromatic carbocycles. The Balaban J connectivity index is 1.85. The van der Waals surface area contributed by atoms with E-state index >= 15 is 0 Å². The first-order valence-electron chi connectivity index (χ1n) is 9.76. The number of ether oxygens (including phenoxy) is 1. The van der Waals surface area contributed by atoms with Crippen LogP contribution in [0.5, 0.6) is 5.75 Å². The van der Waals surface area contributed by atoms with Gasteiger partial charge in [0.1, 0.15) is 5.75 Å². The molecule has 1 saturated heterocycles. The van der Waals surface area contributed by atoms with E-state index in [1.54, 1.807) is 16.1 Å². The third-order valence-electron chi connectivity index (χ3n) is 5.77. The Hall–Kier alpha value is -2.31. The molecular formula is C22H24N2O3S. The molecule has 0 unspecified atom stereocenters. The highest BCUT2D eigenvalue weighted by Crippen LogP contribution is 2.49. The largest absolute Gasteiger partial charge is 0.491 e. The van der Waals surface area contributed by atoms with Gasteiger partial charge in [-0.25, -0.2) is 12.4 Å². The Morgan fingerprint density at radius 2 is 1.93 bits per heavy atom. The first-order chi connectivity index (χ1) is 13.4. The minimum atomic E-state index is -3.59. The van der Waals surface area contributed by atoms with Gasteiger partial charge in [-0.3, -0.25) is 0 Å². The van der Waals surface area contributed by atoms with Crippen LogP contribution in [0.2, 0.25) is 0 Å². The Bertz CT molecular complexity index is 1190. The van der Waals surface area contributed by atoms with Crippen LogP contribution in [0, 0.1) is 0 Å². The van der Waals surface area contributed by atoms with Crippen molar-refractivity contribution < 1.29 is 13.2 Å². The van der Waals surface area contributed by atoms with E-state index in [0.29, 0.717) is 10.8 Å². The summed E-state index contributed by atoms with van der Waals surface area (Å²) in [6, 6.07) is 13.1. The minimum absolute atomic E-state index is 0.0671. The summed E-state index contributed by atoms with van der Waals surface area (Å²) in [5.41, 5.74) is 3.54. The van der Waals surface area contributed by atoms with Crippen LogP contribution in [-0.4, -0.2) is 43.5 Å². The van der Waals surface area contributed by atoms with E-state index in [4.69, 9.17) is 4.74 Å². The predicted molar refractivity (Wildman–Crippen MR) is 111 cm³/mol. The summed E-state index contributed by atoms with van der Waals surface area (Å²) in [6.45, 7) is 5.95. The molecular weight excluding hydrogens is 372 g/mol. The summed E-state index contributed by atoms with van der Waals surface area (Å²) in [5, 5.41) is 0.992. The fraction of sp³-hybridized carbons (Fsp3) is 0.364. The van der Waals surface area contributed by atoms with Crippen molar-refractivity contribution >= 4 is 20.9 Å². The van der Waals surface area contributed by atoms with Gasteiger partial charge in [-0.1, -0.05) is 18.2 Å². The lowest BCUT2D eigenvalue weighted by Crippen LogP contribution is -2.13. The van der Waals surface area contributed by atoms with Crippen molar-refractivity contribution in [3.05, 3.63) is 48.0 Å². The average Bonchev–Trinajstić information content (AvgIpc) is 3.27. The summed E-state index contributed by atoms with van der Waals surface area (Å²) in [7, 11) is -1.47. The zero-order valence-corrected chi connectivity index (χ0v) is 17.2. The highest BCUT2D eigenvalue weighted by Gasteiger charge is 2.39. The molecule has 0 bridgehead atoms. The second-order valence-electron chi connectivity index (χ2n) is 8.12. The van der Waals surface area contributed by atoms with E-state index in [0.717, 1.165) is 53.0 Å². The third kappa shape index (κ3) is 2.44. The van der Waals surface area contributed by atoms with Crippen LogP contribution in [0.3, 0.4) is 0 Å². The van der Waals surface area contributed by atoms with Gasteiger partial charge in [0.2, 0.25) is 0 Å². The molecule has 2 aliphatic heterocycles. The monoisotopic (exact) mass is 396 g/mol. The van der Waals surface area contributed by atoms with Gasteiger partial charge in [-0.05, 0) is 63.7 Å². The third-order valence-corrected chi connectivity index (χ3v) is 7.54. The maximum atomic E-state index is 13.4. The fourth-order valence-corrected chi connectivity index (χ4v) is 6.43. The molecule has 3 aromatic rings. The number of hydrogen-bond donors (Lipinski definition) is 0. The highest BCUT2D eigenvalue weighted by atomic mass is 32.2. The van der Waals surface area contributed by atoms with Crippen molar-refractivity contribution in [1.29, 1.82) is 0 Å². The van der Waals surface area contributed by atoms with E-state index in [9.17, 15) is 8.42 Å². The average molecular weight is 397 g/mol. The maximum absolute atomic E-state index is 13.4. The van der Waals surface area contributed by atoms with Gasteiger partial charge in [0.25, 0.3) is 10.0 Å². The molecule has 6 heteroatoms. The molecule has 0 spiro atoms. The molecule has 5 nitrogen and oxygen atoms in total. The first-order valence-corrected chi connectivity index (χ1v) is 11.2. The zero-order chi connectivity index (χ0) is 19.6. The van der Waals surface area contributed by atoms with Crippen LogP contribution in [0.4, 0.5) is 0 Å². The molecule has 1 aromatic heterocycles. The number of benzene rings is 2. The maximum Gasteiger partial charge on any atom is 0.269 e. The lowest BCUT2D eigenvalue weighted by Gasteiger charge is -2.14. The van der Waals surface area contributed by atoms with Gasteiger partial charge in [-0.2, -0.15) is 0 Å². The topological polar surface area (TPSA) is 51.5 Å². The molecule has 146 valence electrons. The molecule has 0 amide bonds. The standard InChI is InChI=1S/C22H24N2O3S/c1-14(2)27-16-8-9-19-18(12-16)21(15-10-11-23(3)13-15)22-17-6-4-5-7-20(17)28(25,26)24(19)22/h4-9,12,14-15H,10-11,13H2,1-3H3/t15-/m0/s1. The molecule has 0 saturated carbocycles. The van der Waals surface area contributed by atoms with Gasteiger partial charge in [0, 0.05) is 23.4 Å². The number of likely N-dealkylation sites (tertiary alicyclic amines) is 1. The van der Waals surface area contributed by atoms with Crippen molar-refractivity contribution in [2.75, 3.05) is 20.1 Å². The van der Waals surface area contributed by atoms with Gasteiger partial charge < -0.3 is 9.64 Å². The smallest absolute Gasteiger partial charge is 0.269 e. The number of rotatable bonds is 3. The summed E-state index contributed by atoms with van der Waals surface area (Å²) in [6.07, 6.45) is 1.09. The van der Waals surface area contributed by atoms with Crippen LogP contribution in [0.25, 0.3) is 22.2 Å². The second-order valence-corrected chi connectivity index (χ2v) is 9.88. The Morgan fingerprint density at radius 3 is 2.64 bits per heavy atom. The molecule has 28 heavy (non-hydrogen) atoms. The molecule has 1 fully saturated rings. The summed E-state index contributed by atoms with van der Waals surface area (Å²) in [5.74, 6) is 1.09. The molecule has 2 aliphatic rings. The number of likely N-dealkylation sites (N-methyl/N-ethyl adjacent to an activating group) is 1. The van der Waals surface area contributed by atoms with Crippen LogP contribution in [-0.2, 0) is 10.0 Å². The van der Waals surface area contributed by atoms with Gasteiger partial charge in [0.05, 0.1) is 22.2 Å². The number of aromatic nitrogens is 1. The van der Waals surface area contributed by atoms with Gasteiger partial charge in [-0.15, -0.1) is 0 Å². The van der Waals surface area contributed by atoms with E-state index < -0.39 is 10.0 Å². The summed E-state index contributed by atoms with van der Waals surface area (Å²) >= 11 is 0. The summed E-state index contributed by atoms with van der Waals surface area (Å²) < 4.78 is 34.2. The van der Waals surface area contributed by atoms with Crippen LogP contribution in [0.1, 0.15) is 31.7 Å². The molecule has 0 aliphatic carbocycles. The van der Waals surface area contributed by atoms with E-state index in [1.165, 1.54) is 0 Å². The van der Waals surface area contributed by atoms with Crippen molar-refractivity contribution in [1.82, 2.24) is 8.87 Å². The second kappa shape index (κ2) is 6.09. The lowest BCUT2D eigenvalue weighted by molar-refractivity contribution is 0.243. The quantitative estimate of drug-likeness (QED) is 0.524. The van der Waals surface area contributed by atoms with Crippen LogP contribution >= 0.6 is 0 Å². The Kier molecular flexibility index (Phi) is 3.87. The Morgan fingerprint density at radius 1 is 1.14 bits per heavy atom. The van der Waals surface area contributed by atoms with Crippen LogP contribution < -0.4 is 4.74 Å². The molecule has 5 rings (SSSR count). The summed E-state index contributed by atoms with van der Waals surface area (Å²) in [4.78, 5) is 2.71. The van der Waals surface area contributed by atoms with Crippen molar-refractivity contribution in [2.45, 2.75) is 37.2 Å². The van der Waals surface area contributed by atoms with Crippen LogP contribution in [0.15, 0.2) is 47.4 Å². The van der Waals surface area contributed by atoms with Crippen molar-refractivity contribution in [3.8, 4) is 17.0 Å². The molecule has 3 heterocycles. The van der Waals surface area contributed by atoms with E-state index in [2.05, 4.69) is 11.9 Å². The zero-order valence-electron chi connectivity index (χ0n) is 16.3. The van der Waals surface area contributed by atoms with Crippen molar-refractivity contribution in [2.24, 2.45) is 0 Å². The van der Waals surface area contributed by atoms with Gasteiger partial charge >= 0.3 is 0 Å². The van der Waals surface area contributed by atoms with E-state index in [1.807, 2.05) is 44.2 Å². The fourth-order valence-electron chi connectivity index (χ4n) is 4.68. The van der Waals surface area contributed by atoms with E-state index in [-0.39, 0.29) is 6.10 Å². The normalized spacial score (nSPS) is 20.6. The first kappa shape index (κ1) is 17.8. The SMILES string of the molecule is CC(C)Oc1ccc2c(c1)c([C@H]1CCN(C)C1)c1n2S(=O)(=O)c2ccccc2-1. The minimum Gasteiger partial charge on any atom is -0.491 e. The lowest BCUT2D eigenvalue weighted by atomic mass is 9.92. The highest BCUT2D eigenvalue weighted by molar-refractivity contribution is 7.90.